The molecule has 2 rings (SSSR count). The highest BCUT2D eigenvalue weighted by molar-refractivity contribution is 9.93. The normalized spacial score (nSPS) is 8.91. The number of hydrogen-bond donors (Lipinski definition) is 2. The predicted octanol–water partition coefficient (Wildman–Crippen LogP) is 5.14. The Bertz CT molecular complexity index is 681. The van der Waals surface area contributed by atoms with E-state index in [1.54, 1.807) is 0 Å². The van der Waals surface area contributed by atoms with Crippen LogP contribution < -0.4 is 0 Å². The van der Waals surface area contributed by atoms with Crippen molar-refractivity contribution < 1.29 is 28.6 Å². The summed E-state index contributed by atoms with van der Waals surface area (Å²) >= 11 is 8.38. The van der Waals surface area contributed by atoms with Crippen LogP contribution in [0.4, 0.5) is 8.78 Å². The second-order valence-electron chi connectivity index (χ2n) is 3.76. The van der Waals surface area contributed by atoms with Gasteiger partial charge in [-0.05, 0) is 34.1 Å². The van der Waals surface area contributed by atoms with E-state index in [1.165, 1.54) is 12.1 Å². The van der Waals surface area contributed by atoms with Crippen LogP contribution in [0.3, 0.4) is 0 Å². The zero-order chi connectivity index (χ0) is 18.0. The zero-order valence-corrected chi connectivity index (χ0v) is 15.9. The minimum absolute atomic E-state index is 0.0678. The highest BCUT2D eigenvalue weighted by Crippen LogP contribution is 2.23. The Morgan fingerprint density at radius 2 is 1.39 bits per heavy atom. The highest BCUT2D eigenvalue weighted by atomic mass is 80.9. The largest absolute Gasteiger partial charge is 0.507 e. The Balaban J connectivity index is 0.000000381. The summed E-state index contributed by atoms with van der Waals surface area (Å²) in [6, 6.07) is 5.33. The third-order valence-corrected chi connectivity index (χ3v) is 2.92. The van der Waals surface area contributed by atoms with Crippen molar-refractivity contribution in [2.24, 2.45) is 0 Å². The van der Waals surface area contributed by atoms with E-state index in [4.69, 9.17) is 10.2 Å². The average molecular weight is 519 g/mol. The molecule has 0 spiro atoms. The van der Waals surface area contributed by atoms with Gasteiger partial charge in [-0.25, -0.2) is 8.78 Å². The summed E-state index contributed by atoms with van der Waals surface area (Å²) in [6.45, 7) is 0. The van der Waals surface area contributed by atoms with Gasteiger partial charge in [0.2, 0.25) is 0 Å². The number of benzene rings is 2. The van der Waals surface area contributed by atoms with E-state index in [-0.39, 0.29) is 27.1 Å². The van der Waals surface area contributed by atoms with Crippen molar-refractivity contribution in [2.45, 2.75) is 0 Å². The molecule has 2 aromatic carbocycles. The first-order chi connectivity index (χ1) is 10.9. The Hall–Kier alpha value is -1.32. The SMILES string of the molecule is BrBr.O=Cc1cc(Br)c(F)cc1O.O=Cc1ccc(F)cc1O. The number of carbonyl (C=O) groups excluding carboxylic acids is 2. The van der Waals surface area contributed by atoms with Gasteiger partial charge in [0, 0.05) is 40.4 Å². The lowest BCUT2D eigenvalue weighted by molar-refractivity contribution is 0.111. The number of halogens is 5. The second kappa shape index (κ2) is 11.3. The molecule has 2 aromatic rings. The molecule has 0 saturated heterocycles. The number of rotatable bonds is 2. The van der Waals surface area contributed by atoms with Gasteiger partial charge in [-0.15, -0.1) is 0 Å². The van der Waals surface area contributed by atoms with Crippen LogP contribution >= 0.6 is 44.2 Å². The first kappa shape index (κ1) is 21.7. The van der Waals surface area contributed by atoms with Crippen molar-refractivity contribution in [3.63, 3.8) is 0 Å². The van der Waals surface area contributed by atoms with E-state index in [0.29, 0.717) is 12.6 Å². The lowest BCUT2D eigenvalue weighted by Gasteiger charge is -1.98. The Kier molecular flexibility index (Phi) is 10.6. The maximum atomic E-state index is 12.6. The van der Waals surface area contributed by atoms with Gasteiger partial charge in [0.1, 0.15) is 23.1 Å². The van der Waals surface area contributed by atoms with Gasteiger partial charge in [0.05, 0.1) is 15.6 Å². The summed E-state index contributed by atoms with van der Waals surface area (Å²) in [4.78, 5) is 20.2. The second-order valence-corrected chi connectivity index (χ2v) is 4.62. The molecule has 0 unspecified atom stereocenters. The number of aldehydes is 2. The third kappa shape index (κ3) is 7.19. The van der Waals surface area contributed by atoms with E-state index >= 15 is 0 Å². The fourth-order valence-corrected chi connectivity index (χ4v) is 1.62. The van der Waals surface area contributed by atoms with Gasteiger partial charge < -0.3 is 10.2 Å². The Morgan fingerprint density at radius 3 is 1.87 bits per heavy atom. The minimum Gasteiger partial charge on any atom is -0.507 e. The van der Waals surface area contributed by atoms with E-state index in [2.05, 4.69) is 44.2 Å². The van der Waals surface area contributed by atoms with E-state index in [0.717, 1.165) is 18.2 Å². The van der Waals surface area contributed by atoms with Crippen LogP contribution in [0.2, 0.25) is 0 Å². The fraction of sp³-hybridized carbons (Fsp3) is 0. The molecular formula is C14H9Br3F2O4. The van der Waals surface area contributed by atoms with Gasteiger partial charge in [0.25, 0.3) is 0 Å². The predicted molar refractivity (Wildman–Crippen MR) is 92.5 cm³/mol. The fourth-order valence-electron chi connectivity index (χ4n) is 1.26. The molecule has 4 nitrogen and oxygen atoms in total. The van der Waals surface area contributed by atoms with Crippen molar-refractivity contribution in [1.82, 2.24) is 0 Å². The van der Waals surface area contributed by atoms with Crippen LogP contribution in [0.15, 0.2) is 34.8 Å². The third-order valence-electron chi connectivity index (χ3n) is 2.32. The van der Waals surface area contributed by atoms with Crippen molar-refractivity contribution in [3.8, 4) is 11.5 Å². The van der Waals surface area contributed by atoms with E-state index in [1.807, 2.05) is 0 Å². The van der Waals surface area contributed by atoms with Crippen LogP contribution in [-0.4, -0.2) is 22.8 Å². The summed E-state index contributed by atoms with van der Waals surface area (Å²) in [6.07, 6.45) is 0.925. The van der Waals surface area contributed by atoms with E-state index in [9.17, 15) is 18.4 Å². The maximum Gasteiger partial charge on any atom is 0.153 e. The zero-order valence-electron chi connectivity index (χ0n) is 11.1. The summed E-state index contributed by atoms with van der Waals surface area (Å²) < 4.78 is 24.9. The molecule has 23 heavy (non-hydrogen) atoms. The van der Waals surface area contributed by atoms with Crippen molar-refractivity contribution in [3.05, 3.63) is 57.6 Å². The van der Waals surface area contributed by atoms with E-state index < -0.39 is 11.6 Å². The van der Waals surface area contributed by atoms with Gasteiger partial charge in [-0.3, -0.25) is 9.59 Å². The molecule has 124 valence electrons. The summed E-state index contributed by atoms with van der Waals surface area (Å²) in [5.74, 6) is -1.81. The van der Waals surface area contributed by atoms with Crippen LogP contribution in [0.25, 0.3) is 0 Å². The van der Waals surface area contributed by atoms with Gasteiger partial charge in [-0.2, -0.15) is 0 Å². The molecule has 0 aliphatic heterocycles. The van der Waals surface area contributed by atoms with Crippen LogP contribution in [-0.2, 0) is 0 Å². The first-order valence-electron chi connectivity index (χ1n) is 5.60. The molecule has 0 bridgehead atoms. The minimum atomic E-state index is -0.590. The molecule has 0 atom stereocenters. The molecule has 0 heterocycles. The van der Waals surface area contributed by atoms with Crippen LogP contribution in [0.5, 0.6) is 11.5 Å². The lowest BCUT2D eigenvalue weighted by Crippen LogP contribution is -1.84. The molecule has 0 aromatic heterocycles. The number of aromatic hydroxyl groups is 2. The smallest absolute Gasteiger partial charge is 0.153 e. The number of hydrogen-bond acceptors (Lipinski definition) is 4. The highest BCUT2D eigenvalue weighted by Gasteiger charge is 2.05. The van der Waals surface area contributed by atoms with Gasteiger partial charge >= 0.3 is 0 Å². The molecule has 0 saturated carbocycles. The molecule has 2 N–H and O–H groups in total. The first-order valence-corrected chi connectivity index (χ1v) is 10.1. The Labute approximate surface area is 154 Å². The summed E-state index contributed by atoms with van der Waals surface area (Å²) in [5.41, 5.74) is 0.166. The summed E-state index contributed by atoms with van der Waals surface area (Å²) in [7, 11) is 0. The van der Waals surface area contributed by atoms with Gasteiger partial charge in [0.15, 0.2) is 12.6 Å². The molecule has 0 fully saturated rings. The quantitative estimate of drug-likeness (QED) is 0.540. The molecular weight excluding hydrogens is 510 g/mol. The number of phenolic OH excluding ortho intramolecular Hbond substituents is 2. The lowest BCUT2D eigenvalue weighted by atomic mass is 10.2. The topological polar surface area (TPSA) is 74.6 Å². The van der Waals surface area contributed by atoms with Crippen molar-refractivity contribution >= 4 is 56.8 Å². The van der Waals surface area contributed by atoms with Crippen LogP contribution in [0.1, 0.15) is 20.7 Å². The Morgan fingerprint density at radius 1 is 0.870 bits per heavy atom. The van der Waals surface area contributed by atoms with Gasteiger partial charge in [-0.1, -0.05) is 0 Å². The standard InChI is InChI=1S/C7H4BrFO2.C7H5FO2.Br2/c8-5-1-4(3-10)7(11)2-6(5)9;8-6-2-1-5(4-9)7(10)3-6;1-2/h1-3,11H;1-4,10H;. The molecule has 9 heteroatoms. The molecule has 0 aliphatic carbocycles. The average Bonchev–Trinajstić information content (AvgIpc) is 2.53. The maximum absolute atomic E-state index is 12.6. The van der Waals surface area contributed by atoms with Crippen molar-refractivity contribution in [1.29, 1.82) is 0 Å². The van der Waals surface area contributed by atoms with Crippen molar-refractivity contribution in [2.75, 3.05) is 0 Å². The molecule has 0 amide bonds. The number of carbonyl (C=O) groups is 2. The molecule has 0 aliphatic rings. The molecule has 0 radical (unpaired) electrons. The van der Waals surface area contributed by atoms with Crippen LogP contribution in [0, 0.1) is 11.6 Å². The monoisotopic (exact) mass is 516 g/mol. The number of phenols is 2. The summed E-state index contributed by atoms with van der Waals surface area (Å²) in [5, 5.41) is 17.7.